The van der Waals surface area contributed by atoms with Gasteiger partial charge in [0.2, 0.25) is 0 Å². The molecule has 0 amide bonds. The summed E-state index contributed by atoms with van der Waals surface area (Å²) in [4.78, 5) is 0. The van der Waals surface area contributed by atoms with E-state index in [0.29, 0.717) is 5.75 Å². The Labute approximate surface area is 92.8 Å². The van der Waals surface area contributed by atoms with Crippen molar-refractivity contribution < 1.29 is 13.9 Å². The standard InChI is InChI=1S/C11H12F2OS/c12-9-4-5-11(13)8(6-9)2-1-3-10(14)7-15/h1,3-6,10,14-15H,2,7H2/b3-1-. The maximum atomic E-state index is 13.1. The van der Waals surface area contributed by atoms with Gasteiger partial charge in [-0.15, -0.1) is 0 Å². The summed E-state index contributed by atoms with van der Waals surface area (Å²) in [5, 5.41) is 9.13. The Kier molecular flexibility index (Phi) is 4.78. The quantitative estimate of drug-likeness (QED) is 0.601. The van der Waals surface area contributed by atoms with E-state index in [1.54, 1.807) is 6.08 Å². The number of benzene rings is 1. The number of hydrogen-bond donors (Lipinski definition) is 2. The second-order valence-electron chi connectivity index (χ2n) is 3.12. The molecule has 0 radical (unpaired) electrons. The second-order valence-corrected chi connectivity index (χ2v) is 3.48. The minimum atomic E-state index is -0.648. The number of aliphatic hydroxyl groups excluding tert-OH is 1. The third-order valence-electron chi connectivity index (χ3n) is 1.89. The normalized spacial score (nSPS) is 13.3. The van der Waals surface area contributed by atoms with Gasteiger partial charge in [-0.2, -0.15) is 12.6 Å². The summed E-state index contributed by atoms with van der Waals surface area (Å²) in [7, 11) is 0. The molecule has 0 bridgehead atoms. The maximum absolute atomic E-state index is 13.1. The highest BCUT2D eigenvalue weighted by atomic mass is 32.1. The molecule has 0 saturated heterocycles. The zero-order valence-corrected chi connectivity index (χ0v) is 8.92. The van der Waals surface area contributed by atoms with Crippen LogP contribution in [0.3, 0.4) is 0 Å². The Hall–Kier alpha value is -0.870. The molecule has 0 heterocycles. The van der Waals surface area contributed by atoms with Gasteiger partial charge in [0.15, 0.2) is 0 Å². The smallest absolute Gasteiger partial charge is 0.126 e. The van der Waals surface area contributed by atoms with Crippen LogP contribution in [-0.2, 0) is 6.42 Å². The lowest BCUT2D eigenvalue weighted by atomic mass is 10.1. The van der Waals surface area contributed by atoms with Gasteiger partial charge in [0.05, 0.1) is 6.10 Å². The Bertz CT molecular complexity index is 352. The Morgan fingerprint density at radius 2 is 2.13 bits per heavy atom. The third kappa shape index (κ3) is 4.01. The van der Waals surface area contributed by atoms with Crippen LogP contribution < -0.4 is 0 Å². The van der Waals surface area contributed by atoms with Crippen molar-refractivity contribution >= 4 is 12.6 Å². The summed E-state index contributed by atoms with van der Waals surface area (Å²) in [6.45, 7) is 0. The number of halogens is 2. The first-order valence-electron chi connectivity index (χ1n) is 4.53. The average molecular weight is 230 g/mol. The monoisotopic (exact) mass is 230 g/mol. The molecule has 0 aliphatic carbocycles. The van der Waals surface area contributed by atoms with Crippen molar-refractivity contribution in [1.82, 2.24) is 0 Å². The molecule has 0 spiro atoms. The zero-order chi connectivity index (χ0) is 11.3. The summed E-state index contributed by atoms with van der Waals surface area (Å²) < 4.78 is 25.8. The molecule has 1 atom stereocenters. The van der Waals surface area contributed by atoms with E-state index in [2.05, 4.69) is 12.6 Å². The van der Waals surface area contributed by atoms with Crippen molar-refractivity contribution in [1.29, 1.82) is 0 Å². The summed E-state index contributed by atoms with van der Waals surface area (Å²) in [5.74, 6) is -0.599. The Morgan fingerprint density at radius 1 is 1.40 bits per heavy atom. The number of rotatable bonds is 4. The molecular weight excluding hydrogens is 218 g/mol. The summed E-state index contributed by atoms with van der Waals surface area (Å²) in [5.41, 5.74) is 0.276. The van der Waals surface area contributed by atoms with Crippen LogP contribution in [0.4, 0.5) is 8.78 Å². The third-order valence-corrected chi connectivity index (χ3v) is 2.26. The van der Waals surface area contributed by atoms with Gasteiger partial charge in [-0.1, -0.05) is 12.2 Å². The fourth-order valence-electron chi connectivity index (χ4n) is 1.11. The van der Waals surface area contributed by atoms with Crippen LogP contribution >= 0.6 is 12.6 Å². The van der Waals surface area contributed by atoms with Gasteiger partial charge in [0, 0.05) is 5.75 Å². The molecule has 15 heavy (non-hydrogen) atoms. The largest absolute Gasteiger partial charge is 0.388 e. The van der Waals surface area contributed by atoms with E-state index >= 15 is 0 Å². The fraction of sp³-hybridized carbons (Fsp3) is 0.273. The van der Waals surface area contributed by atoms with Crippen LogP contribution in [0.15, 0.2) is 30.4 Å². The van der Waals surface area contributed by atoms with Crippen LogP contribution in [0.5, 0.6) is 0 Å². The van der Waals surface area contributed by atoms with Crippen LogP contribution in [0.1, 0.15) is 5.56 Å². The van der Waals surface area contributed by atoms with Gasteiger partial charge in [0.1, 0.15) is 11.6 Å². The van der Waals surface area contributed by atoms with E-state index in [9.17, 15) is 8.78 Å². The van der Waals surface area contributed by atoms with Crippen molar-refractivity contribution in [2.45, 2.75) is 12.5 Å². The van der Waals surface area contributed by atoms with E-state index in [0.717, 1.165) is 18.2 Å². The average Bonchev–Trinajstić information content (AvgIpc) is 2.23. The minimum absolute atomic E-state index is 0.258. The van der Waals surface area contributed by atoms with Gasteiger partial charge in [-0.05, 0) is 30.2 Å². The zero-order valence-electron chi connectivity index (χ0n) is 8.03. The molecule has 82 valence electrons. The number of allylic oxidation sites excluding steroid dienone is 1. The summed E-state index contributed by atoms with van der Waals surface area (Å²) in [6, 6.07) is 3.31. The lowest BCUT2D eigenvalue weighted by Crippen LogP contribution is -2.03. The molecule has 0 saturated carbocycles. The van der Waals surface area contributed by atoms with Gasteiger partial charge in [-0.25, -0.2) is 8.78 Å². The summed E-state index contributed by atoms with van der Waals surface area (Å²) in [6.07, 6.45) is 2.72. The topological polar surface area (TPSA) is 20.2 Å². The molecular formula is C11H12F2OS. The highest BCUT2D eigenvalue weighted by Crippen LogP contribution is 2.10. The fourth-order valence-corrected chi connectivity index (χ4v) is 1.23. The minimum Gasteiger partial charge on any atom is -0.388 e. The van der Waals surface area contributed by atoms with Crippen LogP contribution in [0.25, 0.3) is 0 Å². The van der Waals surface area contributed by atoms with Crippen LogP contribution in [0, 0.1) is 11.6 Å². The van der Waals surface area contributed by atoms with Gasteiger partial charge in [0.25, 0.3) is 0 Å². The number of hydrogen-bond acceptors (Lipinski definition) is 2. The van der Waals surface area contributed by atoms with Crippen LogP contribution in [0.2, 0.25) is 0 Å². The van der Waals surface area contributed by atoms with Crippen LogP contribution in [-0.4, -0.2) is 17.0 Å². The number of thiol groups is 1. The first-order chi connectivity index (χ1) is 7.13. The lowest BCUT2D eigenvalue weighted by Gasteiger charge is -2.01. The van der Waals surface area contributed by atoms with E-state index in [4.69, 9.17) is 5.11 Å². The molecule has 1 unspecified atom stereocenters. The first-order valence-corrected chi connectivity index (χ1v) is 5.16. The predicted octanol–water partition coefficient (Wildman–Crippen LogP) is 2.35. The molecule has 0 aliphatic heterocycles. The highest BCUT2D eigenvalue weighted by Gasteiger charge is 2.01. The number of aliphatic hydroxyl groups is 1. The summed E-state index contributed by atoms with van der Waals surface area (Å²) >= 11 is 3.88. The van der Waals surface area contributed by atoms with E-state index < -0.39 is 17.7 Å². The van der Waals surface area contributed by atoms with Crippen molar-refractivity contribution in [2.24, 2.45) is 0 Å². The Morgan fingerprint density at radius 3 is 2.80 bits per heavy atom. The van der Waals surface area contributed by atoms with Crippen molar-refractivity contribution in [3.05, 3.63) is 47.5 Å². The van der Waals surface area contributed by atoms with Crippen molar-refractivity contribution in [3.8, 4) is 0 Å². The molecule has 4 heteroatoms. The molecule has 0 aromatic heterocycles. The molecule has 1 aromatic rings. The molecule has 0 fully saturated rings. The molecule has 1 nitrogen and oxygen atoms in total. The van der Waals surface area contributed by atoms with Gasteiger partial charge < -0.3 is 5.11 Å². The van der Waals surface area contributed by atoms with Crippen molar-refractivity contribution in [2.75, 3.05) is 5.75 Å². The first kappa shape index (κ1) is 12.2. The molecule has 0 aliphatic rings. The highest BCUT2D eigenvalue weighted by molar-refractivity contribution is 7.80. The van der Waals surface area contributed by atoms with Gasteiger partial charge in [-0.3, -0.25) is 0 Å². The van der Waals surface area contributed by atoms with Gasteiger partial charge >= 0.3 is 0 Å². The Balaban J connectivity index is 2.64. The van der Waals surface area contributed by atoms with Crippen molar-refractivity contribution in [3.63, 3.8) is 0 Å². The molecule has 1 rings (SSSR count). The van der Waals surface area contributed by atoms with E-state index in [1.807, 2.05) is 0 Å². The predicted molar refractivity (Wildman–Crippen MR) is 59.1 cm³/mol. The SMILES string of the molecule is OC(/C=C\Cc1cc(F)ccc1F)CS. The molecule has 1 N–H and O–H groups in total. The maximum Gasteiger partial charge on any atom is 0.126 e. The molecule has 1 aromatic carbocycles. The van der Waals surface area contributed by atoms with E-state index in [1.165, 1.54) is 6.08 Å². The lowest BCUT2D eigenvalue weighted by molar-refractivity contribution is 0.249. The van der Waals surface area contributed by atoms with E-state index in [-0.39, 0.29) is 12.0 Å². The second kappa shape index (κ2) is 5.88.